The molecule has 0 unspecified atom stereocenters. The molecule has 1 aromatic heterocycles. The van der Waals surface area contributed by atoms with Crippen molar-refractivity contribution in [2.45, 2.75) is 78.3 Å². The quantitative estimate of drug-likeness (QED) is 0.817. The molecule has 3 heteroatoms. The molecule has 1 aliphatic rings. The van der Waals surface area contributed by atoms with Crippen LogP contribution in [0.5, 0.6) is 0 Å². The largest absolute Gasteiger partial charge is 0.312 e. The summed E-state index contributed by atoms with van der Waals surface area (Å²) in [4.78, 5) is 0. The fourth-order valence-electron chi connectivity index (χ4n) is 2.77. The summed E-state index contributed by atoms with van der Waals surface area (Å²) in [7, 11) is 0. The Labute approximate surface area is 124 Å². The first kappa shape index (κ1) is 15.6. The third kappa shape index (κ3) is 4.08. The van der Waals surface area contributed by atoms with Gasteiger partial charge < -0.3 is 5.32 Å². The molecule has 3 nitrogen and oxygen atoms in total. The number of hydrogen-bond donors (Lipinski definition) is 1. The van der Waals surface area contributed by atoms with Gasteiger partial charge in [-0.05, 0) is 64.4 Å². The second-order valence-electron chi connectivity index (χ2n) is 7.54. The third-order valence-electron chi connectivity index (χ3n) is 4.49. The lowest BCUT2D eigenvalue weighted by Gasteiger charge is -2.24. The van der Waals surface area contributed by atoms with E-state index in [1.807, 2.05) is 0 Å². The van der Waals surface area contributed by atoms with Gasteiger partial charge >= 0.3 is 0 Å². The van der Waals surface area contributed by atoms with E-state index in [-0.39, 0.29) is 5.54 Å². The highest BCUT2D eigenvalue weighted by atomic mass is 15.3. The van der Waals surface area contributed by atoms with Crippen LogP contribution in [0.1, 0.15) is 72.0 Å². The molecule has 1 heterocycles. The molecule has 0 spiro atoms. The number of rotatable bonds is 7. The van der Waals surface area contributed by atoms with Crippen LogP contribution in [0.15, 0.2) is 12.3 Å². The van der Waals surface area contributed by atoms with Gasteiger partial charge in [0.1, 0.15) is 0 Å². The minimum atomic E-state index is 0.213. The fraction of sp³-hybridized carbons (Fsp3) is 0.824. The molecule has 20 heavy (non-hydrogen) atoms. The summed E-state index contributed by atoms with van der Waals surface area (Å²) in [5.41, 5.74) is 1.95. The maximum atomic E-state index is 4.81. The minimum absolute atomic E-state index is 0.213. The van der Waals surface area contributed by atoms with Gasteiger partial charge in [0.15, 0.2) is 0 Å². The zero-order valence-corrected chi connectivity index (χ0v) is 13.9. The summed E-state index contributed by atoms with van der Waals surface area (Å²) in [6.45, 7) is 12.3. The number of hydrogen-bond acceptors (Lipinski definition) is 2. The molecule has 1 aliphatic carbocycles. The smallest absolute Gasteiger partial charge is 0.0630 e. The Hall–Kier alpha value is -0.830. The maximum absolute atomic E-state index is 4.81. The van der Waals surface area contributed by atoms with Gasteiger partial charge in [-0.15, -0.1) is 0 Å². The second kappa shape index (κ2) is 5.88. The molecule has 1 fully saturated rings. The van der Waals surface area contributed by atoms with Gasteiger partial charge in [-0.1, -0.05) is 13.8 Å². The van der Waals surface area contributed by atoms with Crippen molar-refractivity contribution in [2.24, 2.45) is 5.41 Å². The Balaban J connectivity index is 1.93. The minimum Gasteiger partial charge on any atom is -0.312 e. The highest BCUT2D eigenvalue weighted by Crippen LogP contribution is 2.47. The molecule has 0 aliphatic heterocycles. The van der Waals surface area contributed by atoms with Crippen molar-refractivity contribution in [3.63, 3.8) is 0 Å². The fourth-order valence-corrected chi connectivity index (χ4v) is 2.77. The standard InChI is InChI=1S/C17H31N3/c1-6-15(7-2)20-11-8-14(19-20)12-17(9-10-17)13-18-16(3,4)5/h8,11,15,18H,6-7,9-10,12-13H2,1-5H3. The Morgan fingerprint density at radius 1 is 1.30 bits per heavy atom. The summed E-state index contributed by atoms with van der Waals surface area (Å²) in [6.07, 6.45) is 8.30. The SMILES string of the molecule is CCC(CC)n1ccc(CC2(CNC(C)(C)C)CC2)n1. The monoisotopic (exact) mass is 277 g/mol. The van der Waals surface area contributed by atoms with Crippen molar-refractivity contribution in [1.82, 2.24) is 15.1 Å². The van der Waals surface area contributed by atoms with E-state index in [9.17, 15) is 0 Å². The van der Waals surface area contributed by atoms with Crippen molar-refractivity contribution in [1.29, 1.82) is 0 Å². The number of nitrogens with one attached hydrogen (secondary N) is 1. The van der Waals surface area contributed by atoms with E-state index < -0.39 is 0 Å². The summed E-state index contributed by atoms with van der Waals surface area (Å²) in [6, 6.07) is 2.78. The van der Waals surface area contributed by atoms with Crippen LogP contribution in [0.4, 0.5) is 0 Å². The van der Waals surface area contributed by atoms with Crippen LogP contribution < -0.4 is 5.32 Å². The van der Waals surface area contributed by atoms with E-state index in [0.29, 0.717) is 11.5 Å². The lowest BCUT2D eigenvalue weighted by Crippen LogP contribution is -2.40. The summed E-state index contributed by atoms with van der Waals surface area (Å²) in [5.74, 6) is 0. The van der Waals surface area contributed by atoms with Gasteiger partial charge in [-0.3, -0.25) is 4.68 Å². The summed E-state index contributed by atoms with van der Waals surface area (Å²) in [5, 5.41) is 8.47. The van der Waals surface area contributed by atoms with E-state index >= 15 is 0 Å². The van der Waals surface area contributed by atoms with Crippen LogP contribution in [-0.4, -0.2) is 21.9 Å². The van der Waals surface area contributed by atoms with Crippen LogP contribution in [0.3, 0.4) is 0 Å². The first-order chi connectivity index (χ1) is 9.37. The molecule has 2 rings (SSSR count). The van der Waals surface area contributed by atoms with Crippen LogP contribution in [-0.2, 0) is 6.42 Å². The molecule has 0 amide bonds. The Kier molecular flexibility index (Phi) is 4.58. The molecule has 0 radical (unpaired) electrons. The average molecular weight is 277 g/mol. The molecule has 0 aromatic carbocycles. The van der Waals surface area contributed by atoms with Crippen LogP contribution in [0.2, 0.25) is 0 Å². The molecular weight excluding hydrogens is 246 g/mol. The van der Waals surface area contributed by atoms with Crippen molar-refractivity contribution in [3.8, 4) is 0 Å². The van der Waals surface area contributed by atoms with Crippen LogP contribution in [0, 0.1) is 5.41 Å². The average Bonchev–Trinajstić information content (AvgIpc) is 2.99. The topological polar surface area (TPSA) is 29.9 Å². The van der Waals surface area contributed by atoms with E-state index in [4.69, 9.17) is 5.10 Å². The normalized spacial score (nSPS) is 17.7. The van der Waals surface area contributed by atoms with Crippen molar-refractivity contribution < 1.29 is 0 Å². The molecule has 1 saturated carbocycles. The van der Waals surface area contributed by atoms with Gasteiger partial charge in [0, 0.05) is 18.3 Å². The molecule has 1 aromatic rings. The first-order valence-corrected chi connectivity index (χ1v) is 8.16. The van der Waals surface area contributed by atoms with E-state index in [1.54, 1.807) is 0 Å². The van der Waals surface area contributed by atoms with Gasteiger partial charge in [-0.2, -0.15) is 5.10 Å². The number of nitrogens with zero attached hydrogens (tertiary/aromatic N) is 2. The van der Waals surface area contributed by atoms with E-state index in [0.717, 1.165) is 25.8 Å². The highest BCUT2D eigenvalue weighted by Gasteiger charge is 2.43. The summed E-state index contributed by atoms with van der Waals surface area (Å²) < 4.78 is 2.17. The maximum Gasteiger partial charge on any atom is 0.0630 e. The van der Waals surface area contributed by atoms with Crippen molar-refractivity contribution >= 4 is 0 Å². The molecule has 0 bridgehead atoms. The Morgan fingerprint density at radius 2 is 1.95 bits per heavy atom. The van der Waals surface area contributed by atoms with Gasteiger partial charge in [-0.25, -0.2) is 0 Å². The summed E-state index contributed by atoms with van der Waals surface area (Å²) >= 11 is 0. The first-order valence-electron chi connectivity index (χ1n) is 8.16. The van der Waals surface area contributed by atoms with Gasteiger partial charge in [0.05, 0.1) is 11.7 Å². The van der Waals surface area contributed by atoms with Crippen LogP contribution in [0.25, 0.3) is 0 Å². The second-order valence-corrected chi connectivity index (χ2v) is 7.54. The predicted octanol–water partition coefficient (Wildman–Crippen LogP) is 3.96. The highest BCUT2D eigenvalue weighted by molar-refractivity contribution is 5.09. The van der Waals surface area contributed by atoms with E-state index in [1.165, 1.54) is 18.5 Å². The molecule has 1 N–H and O–H groups in total. The van der Waals surface area contributed by atoms with Crippen LogP contribution >= 0.6 is 0 Å². The van der Waals surface area contributed by atoms with Crippen molar-refractivity contribution in [3.05, 3.63) is 18.0 Å². The number of aromatic nitrogens is 2. The van der Waals surface area contributed by atoms with Gasteiger partial charge in [0.25, 0.3) is 0 Å². The Morgan fingerprint density at radius 3 is 2.45 bits per heavy atom. The van der Waals surface area contributed by atoms with E-state index in [2.05, 4.69) is 56.9 Å². The zero-order chi connectivity index (χ0) is 14.8. The lowest BCUT2D eigenvalue weighted by molar-refractivity contribution is 0.352. The third-order valence-corrected chi connectivity index (χ3v) is 4.49. The molecular formula is C17H31N3. The zero-order valence-electron chi connectivity index (χ0n) is 13.9. The molecule has 0 saturated heterocycles. The molecule has 0 atom stereocenters. The van der Waals surface area contributed by atoms with Crippen molar-refractivity contribution in [2.75, 3.05) is 6.54 Å². The molecule has 114 valence electrons. The van der Waals surface area contributed by atoms with Gasteiger partial charge in [0.2, 0.25) is 0 Å². The predicted molar refractivity (Wildman–Crippen MR) is 85.0 cm³/mol. The Bertz CT molecular complexity index is 420. The lowest BCUT2D eigenvalue weighted by atomic mass is 9.98.